The van der Waals surface area contributed by atoms with Crippen molar-refractivity contribution in [3.8, 4) is 6.07 Å². The summed E-state index contributed by atoms with van der Waals surface area (Å²) in [5.74, 6) is -0.657. The van der Waals surface area contributed by atoms with Crippen LogP contribution in [0.1, 0.15) is 17.2 Å². The minimum atomic E-state index is -0.802. The second-order valence-corrected chi connectivity index (χ2v) is 3.66. The highest BCUT2D eigenvalue weighted by Gasteiger charge is 2.18. The summed E-state index contributed by atoms with van der Waals surface area (Å²) in [7, 11) is 3.45. The number of hydrogen-bond donors (Lipinski definition) is 2. The number of halogens is 1. The molecule has 3 N–H and O–H groups in total. The number of nitrogens with two attached hydrogens (primary N) is 1. The van der Waals surface area contributed by atoms with E-state index in [4.69, 9.17) is 16.1 Å². The minimum absolute atomic E-state index is 0.0496. The Morgan fingerprint density at radius 2 is 2.19 bits per heavy atom. The van der Waals surface area contributed by atoms with E-state index in [1.807, 2.05) is 6.07 Å². The molecule has 0 aromatic heterocycles. The first-order valence-corrected chi connectivity index (χ1v) is 4.79. The zero-order valence-electron chi connectivity index (χ0n) is 9.24. The normalized spacial score (nSPS) is 12.0. The average Bonchev–Trinajstić information content (AvgIpc) is 2.27. The highest BCUT2D eigenvalue weighted by atomic mass is 19.1. The van der Waals surface area contributed by atoms with E-state index >= 15 is 0 Å². The van der Waals surface area contributed by atoms with Gasteiger partial charge in [-0.25, -0.2) is 4.39 Å². The highest BCUT2D eigenvalue weighted by Crippen LogP contribution is 2.26. The van der Waals surface area contributed by atoms with Gasteiger partial charge in [-0.2, -0.15) is 5.26 Å². The van der Waals surface area contributed by atoms with E-state index < -0.39 is 11.9 Å². The maximum absolute atomic E-state index is 13.9. The van der Waals surface area contributed by atoms with Crippen molar-refractivity contribution >= 4 is 5.69 Å². The highest BCUT2D eigenvalue weighted by molar-refractivity contribution is 5.60. The fourth-order valence-electron chi connectivity index (χ4n) is 1.45. The van der Waals surface area contributed by atoms with Crippen LogP contribution >= 0.6 is 0 Å². The van der Waals surface area contributed by atoms with E-state index in [2.05, 4.69) is 0 Å². The predicted molar refractivity (Wildman–Crippen MR) is 59.5 cm³/mol. The summed E-state index contributed by atoms with van der Waals surface area (Å²) in [6.07, 6.45) is 0. The molecule has 1 aromatic rings. The SMILES string of the molecule is CN(C)c1ccc([C@@H](N)CO)c(F)c1C#N. The third kappa shape index (κ3) is 2.13. The molecule has 0 aliphatic carbocycles. The molecule has 0 bridgehead atoms. The Kier molecular flexibility index (Phi) is 3.82. The lowest BCUT2D eigenvalue weighted by molar-refractivity contribution is 0.265. The number of aliphatic hydroxyl groups is 1. The summed E-state index contributed by atoms with van der Waals surface area (Å²) in [4.78, 5) is 1.65. The fourth-order valence-corrected chi connectivity index (χ4v) is 1.45. The second kappa shape index (κ2) is 4.92. The summed E-state index contributed by atoms with van der Waals surface area (Å²) in [6, 6.07) is 4.12. The van der Waals surface area contributed by atoms with E-state index in [1.54, 1.807) is 25.1 Å². The number of hydrogen-bond acceptors (Lipinski definition) is 4. The quantitative estimate of drug-likeness (QED) is 0.793. The van der Waals surface area contributed by atoms with Gasteiger partial charge in [-0.1, -0.05) is 6.07 Å². The van der Waals surface area contributed by atoms with Gasteiger partial charge in [0, 0.05) is 19.7 Å². The van der Waals surface area contributed by atoms with Crippen LogP contribution in [0.4, 0.5) is 10.1 Å². The Balaban J connectivity index is 3.36. The predicted octanol–water partition coefficient (Wildman–Crippen LogP) is 0.755. The number of anilines is 1. The first kappa shape index (κ1) is 12.4. The van der Waals surface area contributed by atoms with Crippen molar-refractivity contribution in [2.24, 2.45) is 5.73 Å². The van der Waals surface area contributed by atoms with Crippen LogP contribution in [0.15, 0.2) is 12.1 Å². The van der Waals surface area contributed by atoms with Crippen LogP contribution in [-0.4, -0.2) is 25.8 Å². The molecule has 1 aromatic carbocycles. The first-order valence-electron chi connectivity index (χ1n) is 4.79. The molecule has 0 saturated carbocycles. The number of benzene rings is 1. The molecule has 1 atom stereocenters. The second-order valence-electron chi connectivity index (χ2n) is 3.66. The third-order valence-corrected chi connectivity index (χ3v) is 2.34. The van der Waals surface area contributed by atoms with Crippen molar-refractivity contribution in [1.29, 1.82) is 5.26 Å². The zero-order chi connectivity index (χ0) is 12.3. The minimum Gasteiger partial charge on any atom is -0.394 e. The number of nitrogens with zero attached hydrogens (tertiary/aromatic N) is 2. The van der Waals surface area contributed by atoms with Crippen molar-refractivity contribution < 1.29 is 9.50 Å². The van der Waals surface area contributed by atoms with Gasteiger partial charge in [0.25, 0.3) is 0 Å². The van der Waals surface area contributed by atoms with Gasteiger partial charge in [-0.05, 0) is 6.07 Å². The number of rotatable bonds is 3. The van der Waals surface area contributed by atoms with E-state index in [0.717, 1.165) is 0 Å². The molecule has 0 aliphatic heterocycles. The number of nitriles is 1. The molecular weight excluding hydrogens is 209 g/mol. The Hall–Kier alpha value is -1.64. The molecule has 0 heterocycles. The van der Waals surface area contributed by atoms with E-state index in [1.165, 1.54) is 6.07 Å². The Labute approximate surface area is 93.7 Å². The van der Waals surface area contributed by atoms with Crippen LogP contribution in [0.5, 0.6) is 0 Å². The van der Waals surface area contributed by atoms with E-state index in [-0.39, 0.29) is 17.7 Å². The van der Waals surface area contributed by atoms with Crippen LogP contribution in [0.2, 0.25) is 0 Å². The standard InChI is InChI=1S/C11H14FN3O/c1-15(2)10-4-3-7(9(14)6-16)11(12)8(10)5-13/h3-4,9,16H,6,14H2,1-2H3/t9-/m0/s1. The van der Waals surface area contributed by atoms with Crippen LogP contribution < -0.4 is 10.6 Å². The summed E-state index contributed by atoms with van der Waals surface area (Å²) < 4.78 is 13.9. The topological polar surface area (TPSA) is 73.3 Å². The van der Waals surface area contributed by atoms with Crippen LogP contribution in [-0.2, 0) is 0 Å². The van der Waals surface area contributed by atoms with Gasteiger partial charge < -0.3 is 15.7 Å². The van der Waals surface area contributed by atoms with Crippen molar-refractivity contribution in [2.45, 2.75) is 6.04 Å². The molecule has 0 unspecified atom stereocenters. The monoisotopic (exact) mass is 223 g/mol. The molecule has 0 amide bonds. The lowest BCUT2D eigenvalue weighted by Gasteiger charge is -2.17. The van der Waals surface area contributed by atoms with E-state index in [9.17, 15) is 4.39 Å². The largest absolute Gasteiger partial charge is 0.394 e. The van der Waals surface area contributed by atoms with Gasteiger partial charge in [0.1, 0.15) is 17.4 Å². The maximum Gasteiger partial charge on any atom is 0.147 e. The smallest absolute Gasteiger partial charge is 0.147 e. The Morgan fingerprint density at radius 1 is 1.56 bits per heavy atom. The molecule has 0 radical (unpaired) electrons. The lowest BCUT2D eigenvalue weighted by Crippen LogP contribution is -2.18. The Bertz CT molecular complexity index is 426. The van der Waals surface area contributed by atoms with E-state index in [0.29, 0.717) is 5.69 Å². The van der Waals surface area contributed by atoms with Gasteiger partial charge >= 0.3 is 0 Å². The average molecular weight is 223 g/mol. The molecule has 1 rings (SSSR count). The third-order valence-electron chi connectivity index (χ3n) is 2.34. The Morgan fingerprint density at radius 3 is 2.62 bits per heavy atom. The van der Waals surface area contributed by atoms with Crippen LogP contribution in [0.3, 0.4) is 0 Å². The molecule has 16 heavy (non-hydrogen) atoms. The zero-order valence-corrected chi connectivity index (χ0v) is 9.24. The number of aliphatic hydroxyl groups excluding tert-OH is 1. The van der Waals surface area contributed by atoms with Gasteiger partial charge in [0.15, 0.2) is 0 Å². The fraction of sp³-hybridized carbons (Fsp3) is 0.364. The van der Waals surface area contributed by atoms with Crippen molar-refractivity contribution in [2.75, 3.05) is 25.6 Å². The van der Waals surface area contributed by atoms with Crippen molar-refractivity contribution in [1.82, 2.24) is 0 Å². The van der Waals surface area contributed by atoms with Gasteiger partial charge in [-0.3, -0.25) is 0 Å². The molecule has 0 aliphatic rings. The summed E-state index contributed by atoms with van der Waals surface area (Å²) in [5, 5.41) is 17.8. The van der Waals surface area contributed by atoms with Crippen molar-refractivity contribution in [3.05, 3.63) is 29.1 Å². The molecule has 0 saturated heterocycles. The molecule has 5 heteroatoms. The van der Waals surface area contributed by atoms with Crippen LogP contribution in [0, 0.1) is 17.1 Å². The lowest BCUT2D eigenvalue weighted by atomic mass is 10.0. The molecule has 0 fully saturated rings. The van der Waals surface area contributed by atoms with Gasteiger partial charge in [0.05, 0.1) is 18.3 Å². The molecule has 86 valence electrons. The van der Waals surface area contributed by atoms with Crippen molar-refractivity contribution in [3.63, 3.8) is 0 Å². The summed E-state index contributed by atoms with van der Waals surface area (Å²) >= 11 is 0. The molecule has 4 nitrogen and oxygen atoms in total. The first-order chi connectivity index (χ1) is 7.52. The summed E-state index contributed by atoms with van der Waals surface area (Å²) in [5.41, 5.74) is 6.13. The summed E-state index contributed by atoms with van der Waals surface area (Å²) in [6.45, 7) is -0.358. The van der Waals surface area contributed by atoms with Crippen LogP contribution in [0.25, 0.3) is 0 Å². The van der Waals surface area contributed by atoms with Gasteiger partial charge in [0.2, 0.25) is 0 Å². The molecular formula is C11H14FN3O. The van der Waals surface area contributed by atoms with Gasteiger partial charge in [-0.15, -0.1) is 0 Å². The molecule has 0 spiro atoms. The maximum atomic E-state index is 13.9.